The van der Waals surface area contributed by atoms with Gasteiger partial charge in [-0.05, 0) is 35.4 Å². The summed E-state index contributed by atoms with van der Waals surface area (Å²) in [7, 11) is 1.55. The molecule has 11 heteroatoms. The smallest absolute Gasteiger partial charge is 0.338 e. The number of likely N-dealkylation sites (N-methyl/N-ethyl adjacent to an activating group) is 1. The van der Waals surface area contributed by atoms with E-state index in [1.165, 1.54) is 11.2 Å². The maximum atomic E-state index is 13.7. The number of esters is 1. The highest BCUT2D eigenvalue weighted by Crippen LogP contribution is 2.32. The third-order valence-electron chi connectivity index (χ3n) is 6.99. The molecule has 0 saturated carbocycles. The van der Waals surface area contributed by atoms with Crippen molar-refractivity contribution < 1.29 is 43.5 Å². The molecule has 224 valence electrons. The number of hydrogen-bond acceptors (Lipinski definition) is 9. The summed E-state index contributed by atoms with van der Waals surface area (Å²) in [5.74, 6) is -1.38. The summed E-state index contributed by atoms with van der Waals surface area (Å²) in [6, 6.07) is 15.3. The van der Waals surface area contributed by atoms with Gasteiger partial charge in [-0.1, -0.05) is 42.5 Å². The molecule has 4 rings (SSSR count). The number of hydrogen-bond donors (Lipinski definition) is 3. The van der Waals surface area contributed by atoms with E-state index in [2.05, 4.69) is 5.32 Å². The number of amides is 2. The summed E-state index contributed by atoms with van der Waals surface area (Å²) in [4.78, 5) is 41.3. The van der Waals surface area contributed by atoms with Crippen molar-refractivity contribution in [2.24, 2.45) is 0 Å². The Morgan fingerprint density at radius 3 is 2.67 bits per heavy atom. The van der Waals surface area contributed by atoms with Crippen molar-refractivity contribution in [1.29, 1.82) is 0 Å². The molecule has 2 aromatic rings. The number of aliphatic hydroxyl groups is 2. The Balaban J connectivity index is 1.49. The molecule has 1 fully saturated rings. The van der Waals surface area contributed by atoms with Gasteiger partial charge in [0.05, 0.1) is 25.0 Å². The van der Waals surface area contributed by atoms with Gasteiger partial charge in [0.2, 0.25) is 11.8 Å². The molecule has 1 heterocycles. The van der Waals surface area contributed by atoms with Crippen molar-refractivity contribution in [3.8, 4) is 0 Å². The van der Waals surface area contributed by atoms with E-state index in [0.29, 0.717) is 16.7 Å². The molecule has 42 heavy (non-hydrogen) atoms. The average molecular weight is 581 g/mol. The van der Waals surface area contributed by atoms with Crippen LogP contribution >= 0.6 is 0 Å². The topological polar surface area (TPSA) is 144 Å². The second-order valence-electron chi connectivity index (χ2n) is 9.88. The quantitative estimate of drug-likeness (QED) is 0.182. The van der Waals surface area contributed by atoms with Crippen molar-refractivity contribution in [3.63, 3.8) is 0 Å². The van der Waals surface area contributed by atoms with Crippen molar-refractivity contribution in [2.75, 3.05) is 40.2 Å². The lowest BCUT2D eigenvalue weighted by atomic mass is 9.90. The van der Waals surface area contributed by atoms with E-state index in [0.717, 1.165) is 5.56 Å². The molecule has 4 atom stereocenters. The third kappa shape index (κ3) is 8.04. The Morgan fingerprint density at radius 2 is 1.90 bits per heavy atom. The zero-order valence-corrected chi connectivity index (χ0v) is 23.4. The summed E-state index contributed by atoms with van der Waals surface area (Å²) in [5, 5.41) is 20.7. The Hall–Kier alpha value is -4.03. The number of carbonyl (C=O) groups excluding carboxylic acids is 3. The van der Waals surface area contributed by atoms with Crippen molar-refractivity contribution in [1.82, 2.24) is 10.2 Å². The lowest BCUT2D eigenvalue weighted by molar-refractivity contribution is -0.137. The molecule has 0 unspecified atom stereocenters. The molecule has 0 bridgehead atoms. The molecule has 0 aromatic heterocycles. The molecule has 2 amide bonds. The fourth-order valence-corrected chi connectivity index (χ4v) is 4.84. The summed E-state index contributed by atoms with van der Waals surface area (Å²) in [5.41, 5.74) is 2.21. The van der Waals surface area contributed by atoms with Crippen molar-refractivity contribution in [3.05, 3.63) is 89.2 Å². The van der Waals surface area contributed by atoms with Gasteiger partial charge in [0.25, 0.3) is 0 Å². The molecular formula is C31H36N2O9. The number of ether oxygens (including phenoxy) is 4. The van der Waals surface area contributed by atoms with Crippen LogP contribution in [0.3, 0.4) is 0 Å². The van der Waals surface area contributed by atoms with Gasteiger partial charge < -0.3 is 39.4 Å². The van der Waals surface area contributed by atoms with Crippen LogP contribution < -0.4 is 5.32 Å². The molecular weight excluding hydrogens is 544 g/mol. The fourth-order valence-electron chi connectivity index (χ4n) is 4.84. The van der Waals surface area contributed by atoms with Crippen molar-refractivity contribution >= 4 is 23.9 Å². The van der Waals surface area contributed by atoms with Crippen LogP contribution in [0.1, 0.15) is 27.9 Å². The van der Waals surface area contributed by atoms with Gasteiger partial charge in [-0.15, -0.1) is 0 Å². The van der Waals surface area contributed by atoms with Gasteiger partial charge >= 0.3 is 5.97 Å². The van der Waals surface area contributed by atoms with Crippen LogP contribution in [-0.4, -0.2) is 97.5 Å². The van der Waals surface area contributed by atoms with Crippen LogP contribution in [0.25, 0.3) is 6.08 Å². The van der Waals surface area contributed by atoms with Gasteiger partial charge in [0.1, 0.15) is 37.8 Å². The Bertz CT molecular complexity index is 1280. The van der Waals surface area contributed by atoms with E-state index in [1.54, 1.807) is 43.5 Å². The molecule has 11 nitrogen and oxygen atoms in total. The summed E-state index contributed by atoms with van der Waals surface area (Å²) >= 11 is 0. The van der Waals surface area contributed by atoms with Gasteiger partial charge in [0.15, 0.2) is 0 Å². The van der Waals surface area contributed by atoms with E-state index < -0.39 is 42.1 Å². The molecule has 1 saturated heterocycles. The largest absolute Gasteiger partial charge is 0.499 e. The number of nitrogens with zero attached hydrogens (tertiary/aromatic N) is 1. The monoisotopic (exact) mass is 580 g/mol. The van der Waals surface area contributed by atoms with E-state index in [4.69, 9.17) is 24.1 Å². The number of fused-ring (bicyclic) bond motifs is 1. The van der Waals surface area contributed by atoms with Crippen LogP contribution in [-0.2, 0) is 35.0 Å². The Labute approximate surface area is 244 Å². The van der Waals surface area contributed by atoms with Gasteiger partial charge in [-0.3, -0.25) is 9.59 Å². The second kappa shape index (κ2) is 15.3. The minimum Gasteiger partial charge on any atom is -0.499 e. The third-order valence-corrected chi connectivity index (χ3v) is 6.99. The molecule has 3 N–H and O–H groups in total. The predicted octanol–water partition coefficient (Wildman–Crippen LogP) is 1.44. The van der Waals surface area contributed by atoms with Crippen LogP contribution in [0.4, 0.5) is 0 Å². The van der Waals surface area contributed by atoms with Crippen LogP contribution in [0.2, 0.25) is 0 Å². The normalized spacial score (nSPS) is 20.4. The average Bonchev–Trinajstić information content (AvgIpc) is 3.50. The van der Waals surface area contributed by atoms with E-state index in [1.807, 2.05) is 30.3 Å². The molecule has 1 aliphatic heterocycles. The number of carbonyl (C=O) groups is 3. The number of benzene rings is 2. The first kappa shape index (κ1) is 30.9. The zero-order chi connectivity index (χ0) is 29.9. The highest BCUT2D eigenvalue weighted by molar-refractivity contribution is 5.97. The minimum atomic E-state index is -0.844. The standard InChI is InChI=1S/C31H36N2O9/c1-33(25(29(36)32-11-12-34)17-21-6-3-2-4-7-21)30(37)24-18-26-28(41-20-40-26)27(19-24)42-31(38)23-9-5-8-22(16-23)10-14-39-15-13-35/h2-10,14,16,18,25-28,34-35H,11-13,15,17,19-20H2,1H3,(H,32,36)/t25-,26-,27-,28-/m1/s1. The highest BCUT2D eigenvalue weighted by Gasteiger charge is 2.43. The van der Waals surface area contributed by atoms with E-state index in [9.17, 15) is 19.5 Å². The first-order valence-electron chi connectivity index (χ1n) is 13.7. The van der Waals surface area contributed by atoms with E-state index in [-0.39, 0.29) is 46.0 Å². The van der Waals surface area contributed by atoms with E-state index >= 15 is 0 Å². The van der Waals surface area contributed by atoms with Crippen LogP contribution in [0.15, 0.2) is 72.5 Å². The zero-order valence-electron chi connectivity index (χ0n) is 23.4. The maximum Gasteiger partial charge on any atom is 0.338 e. The van der Waals surface area contributed by atoms with Gasteiger partial charge in [-0.2, -0.15) is 0 Å². The summed E-state index contributed by atoms with van der Waals surface area (Å²) in [6.45, 7) is -0.114. The Kier molecular flexibility index (Phi) is 11.2. The Morgan fingerprint density at radius 1 is 1.10 bits per heavy atom. The van der Waals surface area contributed by atoms with Gasteiger partial charge in [0, 0.05) is 32.0 Å². The highest BCUT2D eigenvalue weighted by atomic mass is 16.7. The fraction of sp³-hybridized carbons (Fsp3) is 0.387. The molecule has 2 aliphatic rings. The number of rotatable bonds is 13. The van der Waals surface area contributed by atoms with Crippen LogP contribution in [0.5, 0.6) is 0 Å². The summed E-state index contributed by atoms with van der Waals surface area (Å²) in [6.07, 6.45) is 3.13. The first-order chi connectivity index (χ1) is 20.4. The molecule has 1 aliphatic carbocycles. The lowest BCUT2D eigenvalue weighted by Crippen LogP contribution is -2.51. The minimum absolute atomic E-state index is 0.00842. The van der Waals surface area contributed by atoms with Crippen molar-refractivity contribution in [2.45, 2.75) is 37.2 Å². The van der Waals surface area contributed by atoms with Crippen LogP contribution in [0, 0.1) is 0 Å². The summed E-state index contributed by atoms with van der Waals surface area (Å²) < 4.78 is 22.4. The molecule has 0 spiro atoms. The lowest BCUT2D eigenvalue weighted by Gasteiger charge is -2.33. The first-order valence-corrected chi connectivity index (χ1v) is 13.7. The number of nitrogens with one attached hydrogen (secondary N) is 1. The molecule has 0 radical (unpaired) electrons. The SMILES string of the molecule is CN(C(=O)C1=C[C@H]2OCO[C@H]2[C@H](OC(=O)c2cccc(C=COCCO)c2)C1)[C@H](Cc1ccccc1)C(=O)NCCO. The number of aliphatic hydroxyl groups excluding tert-OH is 2. The molecule has 2 aromatic carbocycles. The van der Waals surface area contributed by atoms with Gasteiger partial charge in [-0.25, -0.2) is 4.79 Å². The predicted molar refractivity (Wildman–Crippen MR) is 152 cm³/mol. The maximum absolute atomic E-state index is 13.7. The second-order valence-corrected chi connectivity index (χ2v) is 9.88.